The van der Waals surface area contributed by atoms with Crippen LogP contribution < -0.4 is 0 Å². The molecule has 0 N–H and O–H groups in total. The van der Waals surface area contributed by atoms with Gasteiger partial charge in [-0.2, -0.15) is 5.26 Å². The SMILES string of the molecule is COC(Cn1cccc1C#N)OC. The fourth-order valence-corrected chi connectivity index (χ4v) is 1.08. The second kappa shape index (κ2) is 4.65. The van der Waals surface area contributed by atoms with E-state index in [0.717, 1.165) is 0 Å². The molecule has 4 heteroatoms. The molecule has 0 saturated heterocycles. The molecule has 0 atom stereocenters. The quantitative estimate of drug-likeness (QED) is 0.649. The van der Waals surface area contributed by atoms with Crippen molar-refractivity contribution in [3.05, 3.63) is 24.0 Å². The molecule has 0 unspecified atom stereocenters. The highest BCUT2D eigenvalue weighted by atomic mass is 16.7. The second-order valence-electron chi connectivity index (χ2n) is 2.56. The predicted molar refractivity (Wildman–Crippen MR) is 47.0 cm³/mol. The normalized spacial score (nSPS) is 10.3. The molecule has 0 aliphatic rings. The molecular weight excluding hydrogens is 168 g/mol. The second-order valence-corrected chi connectivity index (χ2v) is 2.56. The third-order valence-electron chi connectivity index (χ3n) is 1.82. The van der Waals surface area contributed by atoms with Gasteiger partial charge in [0.25, 0.3) is 0 Å². The number of nitrogens with zero attached hydrogens (tertiary/aromatic N) is 2. The van der Waals surface area contributed by atoms with Gasteiger partial charge in [-0.15, -0.1) is 0 Å². The Balaban J connectivity index is 2.68. The van der Waals surface area contributed by atoms with Crippen LogP contribution in [-0.2, 0) is 16.0 Å². The van der Waals surface area contributed by atoms with Crippen molar-refractivity contribution >= 4 is 0 Å². The van der Waals surface area contributed by atoms with Crippen LogP contribution in [-0.4, -0.2) is 25.1 Å². The molecule has 0 aliphatic heterocycles. The molecule has 0 aromatic carbocycles. The Morgan fingerprint density at radius 3 is 2.77 bits per heavy atom. The van der Waals surface area contributed by atoms with E-state index in [1.807, 2.05) is 12.3 Å². The number of hydrogen-bond acceptors (Lipinski definition) is 3. The summed E-state index contributed by atoms with van der Waals surface area (Å²) in [5, 5.41) is 8.71. The first-order valence-corrected chi connectivity index (χ1v) is 3.92. The lowest BCUT2D eigenvalue weighted by Gasteiger charge is -2.14. The Kier molecular flexibility index (Phi) is 3.50. The standard InChI is InChI=1S/C9H12N2O2/c1-12-9(13-2)7-11-5-3-4-8(11)6-10/h3-5,9H,7H2,1-2H3. The first-order chi connectivity index (χ1) is 6.31. The largest absolute Gasteiger partial charge is 0.354 e. The molecule has 1 rings (SSSR count). The number of methoxy groups -OCH3 is 2. The molecular formula is C9H12N2O2. The van der Waals surface area contributed by atoms with E-state index in [4.69, 9.17) is 14.7 Å². The lowest BCUT2D eigenvalue weighted by atomic mass is 10.4. The molecule has 4 nitrogen and oxygen atoms in total. The van der Waals surface area contributed by atoms with E-state index in [9.17, 15) is 0 Å². The lowest BCUT2D eigenvalue weighted by molar-refractivity contribution is -0.110. The molecule has 70 valence electrons. The molecule has 0 saturated carbocycles. The maximum Gasteiger partial charge on any atom is 0.174 e. The fourth-order valence-electron chi connectivity index (χ4n) is 1.08. The Morgan fingerprint density at radius 1 is 1.54 bits per heavy atom. The van der Waals surface area contributed by atoms with Crippen molar-refractivity contribution in [2.24, 2.45) is 0 Å². The summed E-state index contributed by atoms with van der Waals surface area (Å²) in [6, 6.07) is 5.65. The van der Waals surface area contributed by atoms with Crippen LogP contribution in [0.1, 0.15) is 5.69 Å². The van der Waals surface area contributed by atoms with Crippen LogP contribution in [0.15, 0.2) is 18.3 Å². The summed E-state index contributed by atoms with van der Waals surface area (Å²) in [5.41, 5.74) is 0.610. The van der Waals surface area contributed by atoms with Gasteiger partial charge in [-0.25, -0.2) is 0 Å². The zero-order valence-corrected chi connectivity index (χ0v) is 7.73. The fraction of sp³-hybridized carbons (Fsp3) is 0.444. The maximum atomic E-state index is 8.71. The van der Waals surface area contributed by atoms with E-state index in [0.29, 0.717) is 12.2 Å². The average molecular weight is 180 g/mol. The van der Waals surface area contributed by atoms with E-state index in [1.54, 1.807) is 24.9 Å². The molecule has 13 heavy (non-hydrogen) atoms. The van der Waals surface area contributed by atoms with Gasteiger partial charge in [-0.3, -0.25) is 0 Å². The van der Waals surface area contributed by atoms with Crippen LogP contribution in [0.4, 0.5) is 0 Å². The van der Waals surface area contributed by atoms with Crippen molar-refractivity contribution in [2.75, 3.05) is 14.2 Å². The summed E-state index contributed by atoms with van der Waals surface area (Å²) in [6.45, 7) is 0.531. The monoisotopic (exact) mass is 180 g/mol. The Hall–Kier alpha value is -1.31. The van der Waals surface area contributed by atoms with E-state index in [-0.39, 0.29) is 6.29 Å². The molecule has 0 fully saturated rings. The van der Waals surface area contributed by atoms with E-state index in [1.165, 1.54) is 0 Å². The topological polar surface area (TPSA) is 47.2 Å². The van der Waals surface area contributed by atoms with Gasteiger partial charge in [0.15, 0.2) is 6.29 Å². The Labute approximate surface area is 77.3 Å². The highest BCUT2D eigenvalue weighted by Crippen LogP contribution is 2.03. The zero-order valence-electron chi connectivity index (χ0n) is 7.73. The van der Waals surface area contributed by atoms with Crippen molar-refractivity contribution < 1.29 is 9.47 Å². The molecule has 1 heterocycles. The first kappa shape index (κ1) is 9.78. The summed E-state index contributed by atoms with van der Waals surface area (Å²) >= 11 is 0. The summed E-state index contributed by atoms with van der Waals surface area (Å²) in [4.78, 5) is 0. The maximum absolute atomic E-state index is 8.71. The van der Waals surface area contributed by atoms with Gasteiger partial charge in [-0.1, -0.05) is 0 Å². The minimum atomic E-state index is -0.306. The summed E-state index contributed by atoms with van der Waals surface area (Å²) in [5.74, 6) is 0. The van der Waals surface area contributed by atoms with Crippen LogP contribution in [0.25, 0.3) is 0 Å². The van der Waals surface area contributed by atoms with E-state index < -0.39 is 0 Å². The highest BCUT2D eigenvalue weighted by molar-refractivity contribution is 5.21. The van der Waals surface area contributed by atoms with Crippen molar-refractivity contribution in [1.29, 1.82) is 5.26 Å². The van der Waals surface area contributed by atoms with Crippen LogP contribution in [0.3, 0.4) is 0 Å². The highest BCUT2D eigenvalue weighted by Gasteiger charge is 2.07. The van der Waals surface area contributed by atoms with Crippen molar-refractivity contribution in [2.45, 2.75) is 12.8 Å². The molecule has 0 radical (unpaired) electrons. The van der Waals surface area contributed by atoms with Gasteiger partial charge in [0.2, 0.25) is 0 Å². The smallest absolute Gasteiger partial charge is 0.174 e. The zero-order chi connectivity index (χ0) is 9.68. The van der Waals surface area contributed by atoms with E-state index >= 15 is 0 Å². The van der Waals surface area contributed by atoms with Gasteiger partial charge in [0.1, 0.15) is 11.8 Å². The Morgan fingerprint density at radius 2 is 2.23 bits per heavy atom. The summed E-state index contributed by atoms with van der Waals surface area (Å²) in [7, 11) is 3.15. The third kappa shape index (κ3) is 2.31. The number of aromatic nitrogens is 1. The van der Waals surface area contributed by atoms with Gasteiger partial charge < -0.3 is 14.0 Å². The third-order valence-corrected chi connectivity index (χ3v) is 1.82. The van der Waals surface area contributed by atoms with Crippen molar-refractivity contribution in [3.63, 3.8) is 0 Å². The molecule has 0 bridgehead atoms. The van der Waals surface area contributed by atoms with Gasteiger partial charge in [0.05, 0.1) is 6.54 Å². The predicted octanol–water partition coefficient (Wildman–Crippen LogP) is 0.979. The van der Waals surface area contributed by atoms with E-state index in [2.05, 4.69) is 6.07 Å². The number of ether oxygens (including phenoxy) is 2. The molecule has 0 spiro atoms. The number of nitriles is 1. The van der Waals surface area contributed by atoms with Gasteiger partial charge in [0, 0.05) is 20.4 Å². The molecule has 1 aromatic heterocycles. The number of rotatable bonds is 4. The van der Waals surface area contributed by atoms with Crippen LogP contribution >= 0.6 is 0 Å². The van der Waals surface area contributed by atoms with Crippen LogP contribution in [0, 0.1) is 11.3 Å². The average Bonchev–Trinajstić information content (AvgIpc) is 2.61. The van der Waals surface area contributed by atoms with Crippen LogP contribution in [0.5, 0.6) is 0 Å². The minimum absolute atomic E-state index is 0.306. The molecule has 0 amide bonds. The van der Waals surface area contributed by atoms with Crippen molar-refractivity contribution in [3.8, 4) is 6.07 Å². The van der Waals surface area contributed by atoms with Crippen molar-refractivity contribution in [1.82, 2.24) is 4.57 Å². The number of hydrogen-bond donors (Lipinski definition) is 0. The summed E-state index contributed by atoms with van der Waals surface area (Å²) in [6.07, 6.45) is 1.52. The lowest BCUT2D eigenvalue weighted by Crippen LogP contribution is -2.20. The van der Waals surface area contributed by atoms with Gasteiger partial charge in [-0.05, 0) is 12.1 Å². The molecule has 0 aliphatic carbocycles. The first-order valence-electron chi connectivity index (χ1n) is 3.92. The van der Waals surface area contributed by atoms with Crippen LogP contribution in [0.2, 0.25) is 0 Å². The minimum Gasteiger partial charge on any atom is -0.354 e. The molecule has 1 aromatic rings. The summed E-state index contributed by atoms with van der Waals surface area (Å²) < 4.78 is 11.8. The van der Waals surface area contributed by atoms with Gasteiger partial charge >= 0.3 is 0 Å². The Bertz CT molecular complexity index is 297.